The second-order valence-corrected chi connectivity index (χ2v) is 3.95. The van der Waals surface area contributed by atoms with Crippen molar-refractivity contribution in [1.29, 1.82) is 0 Å². The summed E-state index contributed by atoms with van der Waals surface area (Å²) >= 11 is 0. The van der Waals surface area contributed by atoms with Gasteiger partial charge in [0.2, 0.25) is 0 Å². The molecule has 1 atom stereocenters. The standard InChI is InChI=1S/C11H12F2O2/c12-11(13)5-3-10(14,4-6-11)8-9-2-1-7-15-9/h1-3,5,7,14H,4,6,8H2. The van der Waals surface area contributed by atoms with Gasteiger partial charge in [0.1, 0.15) is 5.76 Å². The highest BCUT2D eigenvalue weighted by atomic mass is 19.3. The average Bonchev–Trinajstić information content (AvgIpc) is 2.64. The molecule has 0 saturated carbocycles. The fourth-order valence-electron chi connectivity index (χ4n) is 1.69. The van der Waals surface area contributed by atoms with Gasteiger partial charge in [-0.3, -0.25) is 0 Å². The molecule has 1 aliphatic carbocycles. The number of hydrogen-bond donors (Lipinski definition) is 1. The molecule has 0 aliphatic heterocycles. The third-order valence-electron chi connectivity index (χ3n) is 2.59. The lowest BCUT2D eigenvalue weighted by atomic mass is 9.86. The first-order valence-corrected chi connectivity index (χ1v) is 4.82. The van der Waals surface area contributed by atoms with E-state index in [1.165, 1.54) is 12.3 Å². The van der Waals surface area contributed by atoms with Crippen LogP contribution in [0.5, 0.6) is 0 Å². The molecule has 1 N–H and O–H groups in total. The van der Waals surface area contributed by atoms with Gasteiger partial charge in [0, 0.05) is 12.8 Å². The zero-order valence-corrected chi connectivity index (χ0v) is 8.12. The molecule has 1 aromatic heterocycles. The summed E-state index contributed by atoms with van der Waals surface area (Å²) in [7, 11) is 0. The summed E-state index contributed by atoms with van der Waals surface area (Å²) < 4.78 is 30.7. The van der Waals surface area contributed by atoms with Crippen LogP contribution in [-0.2, 0) is 6.42 Å². The van der Waals surface area contributed by atoms with Crippen LogP contribution < -0.4 is 0 Å². The Morgan fingerprint density at radius 3 is 2.67 bits per heavy atom. The zero-order valence-electron chi connectivity index (χ0n) is 8.12. The Balaban J connectivity index is 2.09. The van der Waals surface area contributed by atoms with E-state index in [0.717, 1.165) is 6.08 Å². The molecule has 0 spiro atoms. The van der Waals surface area contributed by atoms with E-state index >= 15 is 0 Å². The number of allylic oxidation sites excluding steroid dienone is 1. The molecule has 1 aliphatic rings. The van der Waals surface area contributed by atoms with E-state index in [1.54, 1.807) is 12.1 Å². The van der Waals surface area contributed by atoms with Gasteiger partial charge in [0.15, 0.2) is 0 Å². The van der Waals surface area contributed by atoms with Gasteiger partial charge in [-0.25, -0.2) is 8.78 Å². The Kier molecular flexibility index (Phi) is 2.38. The Morgan fingerprint density at radius 1 is 1.33 bits per heavy atom. The summed E-state index contributed by atoms with van der Waals surface area (Å²) in [6.07, 6.45) is 3.43. The zero-order chi connectivity index (χ0) is 10.9. The molecule has 4 heteroatoms. The minimum absolute atomic E-state index is 0.0528. The molecule has 2 rings (SSSR count). The molecule has 0 aromatic carbocycles. The summed E-state index contributed by atoms with van der Waals surface area (Å²) in [4.78, 5) is 0. The van der Waals surface area contributed by atoms with Crippen LogP contribution in [-0.4, -0.2) is 16.6 Å². The fraction of sp³-hybridized carbons (Fsp3) is 0.455. The number of furan rings is 1. The van der Waals surface area contributed by atoms with Crippen molar-refractivity contribution in [2.24, 2.45) is 0 Å². The molecule has 0 saturated heterocycles. The highest BCUT2D eigenvalue weighted by Crippen LogP contribution is 2.34. The van der Waals surface area contributed by atoms with Gasteiger partial charge in [-0.2, -0.15) is 0 Å². The van der Waals surface area contributed by atoms with Crippen LogP contribution in [0.2, 0.25) is 0 Å². The lowest BCUT2D eigenvalue weighted by Crippen LogP contribution is -2.35. The summed E-state index contributed by atoms with van der Waals surface area (Å²) in [5.41, 5.74) is -1.19. The number of rotatable bonds is 2. The maximum absolute atomic E-state index is 12.8. The summed E-state index contributed by atoms with van der Waals surface area (Å²) in [6, 6.07) is 3.43. The van der Waals surface area contributed by atoms with E-state index in [4.69, 9.17) is 4.42 Å². The third kappa shape index (κ3) is 2.45. The van der Waals surface area contributed by atoms with Crippen LogP contribution in [0.4, 0.5) is 8.78 Å². The minimum Gasteiger partial charge on any atom is -0.469 e. The molecule has 1 unspecified atom stereocenters. The quantitative estimate of drug-likeness (QED) is 0.767. The number of aliphatic hydroxyl groups is 1. The topological polar surface area (TPSA) is 33.4 Å². The summed E-state index contributed by atoms with van der Waals surface area (Å²) in [5.74, 6) is -2.18. The smallest absolute Gasteiger partial charge is 0.266 e. The monoisotopic (exact) mass is 214 g/mol. The van der Waals surface area contributed by atoms with E-state index in [2.05, 4.69) is 0 Å². The molecule has 0 amide bonds. The van der Waals surface area contributed by atoms with E-state index < -0.39 is 11.5 Å². The molecule has 1 aromatic rings. The second kappa shape index (κ2) is 3.45. The SMILES string of the molecule is OC1(Cc2ccco2)C=CC(F)(F)CC1. The second-order valence-electron chi connectivity index (χ2n) is 3.95. The molecule has 2 nitrogen and oxygen atoms in total. The van der Waals surface area contributed by atoms with Crippen LogP contribution in [0.25, 0.3) is 0 Å². The Morgan fingerprint density at radius 2 is 2.13 bits per heavy atom. The van der Waals surface area contributed by atoms with Crippen molar-refractivity contribution in [3.63, 3.8) is 0 Å². The minimum atomic E-state index is -2.78. The van der Waals surface area contributed by atoms with Crippen LogP contribution in [0.15, 0.2) is 35.0 Å². The lowest BCUT2D eigenvalue weighted by Gasteiger charge is -2.30. The van der Waals surface area contributed by atoms with E-state index in [0.29, 0.717) is 5.76 Å². The van der Waals surface area contributed by atoms with Crippen molar-refractivity contribution in [2.45, 2.75) is 30.8 Å². The van der Waals surface area contributed by atoms with Crippen molar-refractivity contribution in [2.75, 3.05) is 0 Å². The van der Waals surface area contributed by atoms with Gasteiger partial charge in [-0.05, 0) is 24.6 Å². The Hall–Kier alpha value is -1.16. The summed E-state index contributed by atoms with van der Waals surface area (Å²) in [5, 5.41) is 10.00. The molecule has 0 radical (unpaired) electrons. The molecule has 0 fully saturated rings. The third-order valence-corrected chi connectivity index (χ3v) is 2.59. The first-order valence-electron chi connectivity index (χ1n) is 4.82. The van der Waals surface area contributed by atoms with Gasteiger partial charge < -0.3 is 9.52 Å². The first-order chi connectivity index (χ1) is 6.99. The normalized spacial score (nSPS) is 29.3. The first kappa shape index (κ1) is 10.4. The summed E-state index contributed by atoms with van der Waals surface area (Å²) in [6.45, 7) is 0. The fourth-order valence-corrected chi connectivity index (χ4v) is 1.69. The van der Waals surface area contributed by atoms with E-state index in [-0.39, 0.29) is 19.3 Å². The number of hydrogen-bond acceptors (Lipinski definition) is 2. The van der Waals surface area contributed by atoms with Crippen molar-refractivity contribution in [3.8, 4) is 0 Å². The average molecular weight is 214 g/mol. The largest absolute Gasteiger partial charge is 0.469 e. The molecule has 82 valence electrons. The molecule has 15 heavy (non-hydrogen) atoms. The van der Waals surface area contributed by atoms with Crippen molar-refractivity contribution in [1.82, 2.24) is 0 Å². The maximum Gasteiger partial charge on any atom is 0.266 e. The molecule has 0 bridgehead atoms. The van der Waals surface area contributed by atoms with E-state index in [1.807, 2.05) is 0 Å². The van der Waals surface area contributed by atoms with Crippen molar-refractivity contribution >= 4 is 0 Å². The maximum atomic E-state index is 12.8. The van der Waals surface area contributed by atoms with Gasteiger partial charge in [-0.15, -0.1) is 0 Å². The van der Waals surface area contributed by atoms with Crippen LogP contribution in [0.1, 0.15) is 18.6 Å². The van der Waals surface area contributed by atoms with Crippen LogP contribution in [0.3, 0.4) is 0 Å². The van der Waals surface area contributed by atoms with Gasteiger partial charge in [-0.1, -0.05) is 6.08 Å². The number of alkyl halides is 2. The molecule has 1 heterocycles. The Labute approximate surface area is 86.2 Å². The van der Waals surface area contributed by atoms with Gasteiger partial charge in [0.05, 0.1) is 11.9 Å². The van der Waals surface area contributed by atoms with Crippen molar-refractivity contribution in [3.05, 3.63) is 36.3 Å². The van der Waals surface area contributed by atoms with Crippen molar-refractivity contribution < 1.29 is 18.3 Å². The van der Waals surface area contributed by atoms with Gasteiger partial charge >= 0.3 is 0 Å². The van der Waals surface area contributed by atoms with Gasteiger partial charge in [0.25, 0.3) is 5.92 Å². The predicted molar refractivity (Wildman–Crippen MR) is 50.7 cm³/mol. The Bertz CT molecular complexity index is 357. The van der Waals surface area contributed by atoms with Crippen LogP contribution in [0, 0.1) is 0 Å². The van der Waals surface area contributed by atoms with Crippen LogP contribution >= 0.6 is 0 Å². The predicted octanol–water partition coefficient (Wildman–Crippen LogP) is 2.54. The number of halogens is 2. The molecular formula is C11H12F2O2. The molecular weight excluding hydrogens is 202 g/mol. The highest BCUT2D eigenvalue weighted by molar-refractivity contribution is 5.15. The highest BCUT2D eigenvalue weighted by Gasteiger charge is 2.37. The van der Waals surface area contributed by atoms with E-state index in [9.17, 15) is 13.9 Å². The lowest BCUT2D eigenvalue weighted by molar-refractivity contribution is -0.0131.